The Bertz CT molecular complexity index is 212. The lowest BCUT2D eigenvalue weighted by Gasteiger charge is -2.32. The lowest BCUT2D eigenvalue weighted by molar-refractivity contribution is -0.139. The van der Waals surface area contributed by atoms with Gasteiger partial charge < -0.3 is 5.11 Å². The second-order valence-electron chi connectivity index (χ2n) is 4.99. The molecule has 1 aliphatic rings. The Labute approximate surface area is 92.5 Å². The van der Waals surface area contributed by atoms with E-state index >= 15 is 0 Å². The molecule has 1 aliphatic carbocycles. The zero-order chi connectivity index (χ0) is 11.4. The molecule has 0 aromatic rings. The predicted octanol–water partition coefficient (Wildman–Crippen LogP) is 2.22. The van der Waals surface area contributed by atoms with Crippen LogP contribution in [0.1, 0.15) is 40.0 Å². The standard InChI is InChI=1S/C12H23NO2/c1-4-11(9(2)3)13(8-12(14)15)7-10-5-6-10/h9-11H,4-8H2,1-3H3,(H,14,15). The average molecular weight is 213 g/mol. The van der Waals surface area contributed by atoms with Gasteiger partial charge in [0.2, 0.25) is 0 Å². The first-order valence-electron chi connectivity index (χ1n) is 6.00. The molecule has 15 heavy (non-hydrogen) atoms. The Morgan fingerprint density at radius 3 is 2.40 bits per heavy atom. The van der Waals surface area contributed by atoms with E-state index < -0.39 is 5.97 Å². The van der Waals surface area contributed by atoms with E-state index in [-0.39, 0.29) is 6.54 Å². The summed E-state index contributed by atoms with van der Waals surface area (Å²) >= 11 is 0. The maximum Gasteiger partial charge on any atom is 0.317 e. The number of aliphatic carboxylic acids is 1. The van der Waals surface area contributed by atoms with Gasteiger partial charge in [0.25, 0.3) is 0 Å². The van der Waals surface area contributed by atoms with Gasteiger partial charge in [-0.25, -0.2) is 0 Å². The number of hydrogen-bond acceptors (Lipinski definition) is 2. The summed E-state index contributed by atoms with van der Waals surface area (Å²) < 4.78 is 0. The molecule has 88 valence electrons. The highest BCUT2D eigenvalue weighted by molar-refractivity contribution is 5.69. The van der Waals surface area contributed by atoms with Gasteiger partial charge in [0, 0.05) is 12.6 Å². The molecule has 1 N–H and O–H groups in total. The van der Waals surface area contributed by atoms with Crippen LogP contribution in [-0.2, 0) is 4.79 Å². The molecular weight excluding hydrogens is 190 g/mol. The van der Waals surface area contributed by atoms with Crippen LogP contribution in [0.15, 0.2) is 0 Å². The van der Waals surface area contributed by atoms with Crippen molar-refractivity contribution in [1.29, 1.82) is 0 Å². The summed E-state index contributed by atoms with van der Waals surface area (Å²) in [5.41, 5.74) is 0. The van der Waals surface area contributed by atoms with E-state index in [4.69, 9.17) is 5.11 Å². The van der Waals surface area contributed by atoms with E-state index in [1.165, 1.54) is 12.8 Å². The summed E-state index contributed by atoms with van der Waals surface area (Å²) in [5, 5.41) is 8.90. The number of carbonyl (C=O) groups is 1. The molecule has 0 saturated heterocycles. The van der Waals surface area contributed by atoms with E-state index in [1.807, 2.05) is 0 Å². The Morgan fingerprint density at radius 1 is 1.47 bits per heavy atom. The number of rotatable bonds is 7. The monoisotopic (exact) mass is 213 g/mol. The maximum atomic E-state index is 10.8. The molecule has 3 heteroatoms. The van der Waals surface area contributed by atoms with Crippen molar-refractivity contribution in [3.05, 3.63) is 0 Å². The van der Waals surface area contributed by atoms with Crippen molar-refractivity contribution in [2.24, 2.45) is 11.8 Å². The minimum absolute atomic E-state index is 0.202. The van der Waals surface area contributed by atoms with Crippen LogP contribution in [0.2, 0.25) is 0 Å². The molecule has 1 unspecified atom stereocenters. The Balaban J connectivity index is 2.54. The van der Waals surface area contributed by atoms with E-state index in [2.05, 4.69) is 25.7 Å². The zero-order valence-corrected chi connectivity index (χ0v) is 10.1. The summed E-state index contributed by atoms with van der Waals surface area (Å²) in [7, 11) is 0. The first-order valence-corrected chi connectivity index (χ1v) is 6.00. The second-order valence-corrected chi connectivity index (χ2v) is 4.99. The molecular formula is C12H23NO2. The fourth-order valence-corrected chi connectivity index (χ4v) is 2.27. The van der Waals surface area contributed by atoms with Crippen LogP contribution in [0.3, 0.4) is 0 Å². The van der Waals surface area contributed by atoms with Crippen LogP contribution in [0.5, 0.6) is 0 Å². The van der Waals surface area contributed by atoms with E-state index in [9.17, 15) is 4.79 Å². The maximum absolute atomic E-state index is 10.8. The van der Waals surface area contributed by atoms with Gasteiger partial charge >= 0.3 is 5.97 Å². The molecule has 0 aromatic carbocycles. The second kappa shape index (κ2) is 5.50. The smallest absolute Gasteiger partial charge is 0.317 e. The van der Waals surface area contributed by atoms with Gasteiger partial charge in [-0.1, -0.05) is 20.8 Å². The molecule has 0 radical (unpaired) electrons. The number of nitrogens with zero attached hydrogens (tertiary/aromatic N) is 1. The van der Waals surface area contributed by atoms with Gasteiger partial charge in [-0.05, 0) is 31.1 Å². The quantitative estimate of drug-likeness (QED) is 0.705. The molecule has 0 heterocycles. The van der Waals surface area contributed by atoms with Crippen molar-refractivity contribution in [2.75, 3.05) is 13.1 Å². The largest absolute Gasteiger partial charge is 0.480 e. The van der Waals surface area contributed by atoms with E-state index in [0.29, 0.717) is 12.0 Å². The third kappa shape index (κ3) is 4.20. The van der Waals surface area contributed by atoms with Gasteiger partial charge in [0.15, 0.2) is 0 Å². The summed E-state index contributed by atoms with van der Waals surface area (Å²) in [4.78, 5) is 13.0. The van der Waals surface area contributed by atoms with Crippen LogP contribution in [0.25, 0.3) is 0 Å². The lowest BCUT2D eigenvalue weighted by atomic mass is 9.99. The van der Waals surface area contributed by atoms with Crippen molar-refractivity contribution in [3.8, 4) is 0 Å². The average Bonchev–Trinajstić information content (AvgIpc) is 2.87. The summed E-state index contributed by atoms with van der Waals surface area (Å²) in [6.45, 7) is 7.68. The molecule has 1 saturated carbocycles. The van der Waals surface area contributed by atoms with Crippen LogP contribution >= 0.6 is 0 Å². The molecule has 1 atom stereocenters. The van der Waals surface area contributed by atoms with Gasteiger partial charge in [-0.2, -0.15) is 0 Å². The Morgan fingerprint density at radius 2 is 2.07 bits per heavy atom. The van der Waals surface area contributed by atoms with Crippen LogP contribution < -0.4 is 0 Å². The van der Waals surface area contributed by atoms with Gasteiger partial charge in [0.1, 0.15) is 0 Å². The van der Waals surface area contributed by atoms with Crippen molar-refractivity contribution in [2.45, 2.75) is 46.1 Å². The first kappa shape index (κ1) is 12.5. The number of hydrogen-bond donors (Lipinski definition) is 1. The minimum atomic E-state index is -0.699. The van der Waals surface area contributed by atoms with Crippen LogP contribution in [-0.4, -0.2) is 35.1 Å². The fourth-order valence-electron chi connectivity index (χ4n) is 2.27. The Hall–Kier alpha value is -0.570. The van der Waals surface area contributed by atoms with Crippen molar-refractivity contribution in [1.82, 2.24) is 4.90 Å². The number of carboxylic acids is 1. The molecule has 0 bridgehead atoms. The summed E-state index contributed by atoms with van der Waals surface area (Å²) in [6, 6.07) is 0.418. The molecule has 0 aliphatic heterocycles. The van der Waals surface area contributed by atoms with E-state index in [1.54, 1.807) is 0 Å². The summed E-state index contributed by atoms with van der Waals surface area (Å²) in [5.74, 6) is 0.597. The van der Waals surface area contributed by atoms with Gasteiger partial charge in [0.05, 0.1) is 6.54 Å². The zero-order valence-electron chi connectivity index (χ0n) is 10.1. The Kier molecular flexibility index (Phi) is 4.58. The van der Waals surface area contributed by atoms with Crippen molar-refractivity contribution in [3.63, 3.8) is 0 Å². The van der Waals surface area contributed by atoms with Gasteiger partial charge in [-0.15, -0.1) is 0 Å². The predicted molar refractivity (Wildman–Crippen MR) is 60.8 cm³/mol. The fraction of sp³-hybridized carbons (Fsp3) is 0.917. The minimum Gasteiger partial charge on any atom is -0.480 e. The highest BCUT2D eigenvalue weighted by atomic mass is 16.4. The van der Waals surface area contributed by atoms with E-state index in [0.717, 1.165) is 18.9 Å². The van der Waals surface area contributed by atoms with Crippen LogP contribution in [0, 0.1) is 11.8 Å². The summed E-state index contributed by atoms with van der Waals surface area (Å²) in [6.07, 6.45) is 3.60. The molecule has 0 amide bonds. The lowest BCUT2D eigenvalue weighted by Crippen LogP contribution is -2.43. The normalized spacial score (nSPS) is 18.5. The third-order valence-corrected chi connectivity index (χ3v) is 3.18. The highest BCUT2D eigenvalue weighted by Gasteiger charge is 2.29. The molecule has 3 nitrogen and oxygen atoms in total. The third-order valence-electron chi connectivity index (χ3n) is 3.18. The highest BCUT2D eigenvalue weighted by Crippen LogP contribution is 2.31. The SMILES string of the molecule is CCC(C(C)C)N(CC(=O)O)CC1CC1. The number of carboxylic acid groups (broad SMARTS) is 1. The van der Waals surface area contributed by atoms with Crippen LogP contribution in [0.4, 0.5) is 0 Å². The van der Waals surface area contributed by atoms with Gasteiger partial charge in [-0.3, -0.25) is 9.69 Å². The van der Waals surface area contributed by atoms with Crippen molar-refractivity contribution >= 4 is 5.97 Å². The first-order chi connectivity index (χ1) is 7.04. The topological polar surface area (TPSA) is 40.5 Å². The molecule has 0 aromatic heterocycles. The van der Waals surface area contributed by atoms with Crippen molar-refractivity contribution < 1.29 is 9.90 Å². The molecule has 1 rings (SSSR count). The molecule has 0 spiro atoms. The molecule has 1 fully saturated rings.